The van der Waals surface area contributed by atoms with E-state index in [0.717, 1.165) is 31.6 Å². The van der Waals surface area contributed by atoms with Crippen LogP contribution in [-0.4, -0.2) is 13.1 Å². The second kappa shape index (κ2) is 8.18. The van der Waals surface area contributed by atoms with E-state index in [4.69, 9.17) is 5.73 Å². The van der Waals surface area contributed by atoms with Crippen molar-refractivity contribution in [1.29, 1.82) is 0 Å². The average Bonchev–Trinajstić information content (AvgIpc) is 2.51. The van der Waals surface area contributed by atoms with Crippen molar-refractivity contribution in [2.75, 3.05) is 18.4 Å². The molecule has 2 heteroatoms. The van der Waals surface area contributed by atoms with Gasteiger partial charge in [-0.3, -0.25) is 0 Å². The lowest BCUT2D eigenvalue weighted by Gasteiger charge is -2.06. The minimum Gasteiger partial charge on any atom is -0.385 e. The van der Waals surface area contributed by atoms with Gasteiger partial charge in [0.15, 0.2) is 0 Å². The van der Waals surface area contributed by atoms with Crippen molar-refractivity contribution in [2.24, 2.45) is 5.73 Å². The van der Waals surface area contributed by atoms with Gasteiger partial charge in [-0.1, -0.05) is 54.6 Å². The Morgan fingerprint density at radius 1 is 0.850 bits per heavy atom. The first kappa shape index (κ1) is 14.4. The van der Waals surface area contributed by atoms with Gasteiger partial charge in [-0.2, -0.15) is 0 Å². The van der Waals surface area contributed by atoms with Crippen molar-refractivity contribution in [1.82, 2.24) is 0 Å². The third-order valence-corrected chi connectivity index (χ3v) is 3.11. The molecule has 0 saturated heterocycles. The molecule has 0 atom stereocenters. The summed E-state index contributed by atoms with van der Waals surface area (Å²) in [6.07, 6.45) is 6.45. The van der Waals surface area contributed by atoms with Crippen molar-refractivity contribution in [3.8, 4) is 0 Å². The SMILES string of the molecule is NCCCCNc1cccc(/C=C/c2ccccc2)c1. The van der Waals surface area contributed by atoms with Gasteiger partial charge in [0.05, 0.1) is 0 Å². The summed E-state index contributed by atoms with van der Waals surface area (Å²) in [4.78, 5) is 0. The van der Waals surface area contributed by atoms with Gasteiger partial charge in [0.25, 0.3) is 0 Å². The second-order valence-electron chi connectivity index (χ2n) is 4.79. The van der Waals surface area contributed by atoms with E-state index in [9.17, 15) is 0 Å². The number of unbranched alkanes of at least 4 members (excludes halogenated alkanes) is 1. The smallest absolute Gasteiger partial charge is 0.0346 e. The Morgan fingerprint density at radius 2 is 1.60 bits per heavy atom. The van der Waals surface area contributed by atoms with Crippen LogP contribution >= 0.6 is 0 Å². The van der Waals surface area contributed by atoms with Crippen molar-refractivity contribution in [2.45, 2.75) is 12.8 Å². The van der Waals surface area contributed by atoms with Crippen LogP contribution in [-0.2, 0) is 0 Å². The molecule has 3 N–H and O–H groups in total. The van der Waals surface area contributed by atoms with E-state index >= 15 is 0 Å². The van der Waals surface area contributed by atoms with Gasteiger partial charge in [-0.15, -0.1) is 0 Å². The normalized spacial score (nSPS) is 10.8. The number of nitrogens with two attached hydrogens (primary N) is 1. The maximum Gasteiger partial charge on any atom is 0.0346 e. The maximum atomic E-state index is 5.49. The average molecular weight is 266 g/mol. The molecule has 2 rings (SSSR count). The van der Waals surface area contributed by atoms with Gasteiger partial charge in [0.1, 0.15) is 0 Å². The number of hydrogen-bond donors (Lipinski definition) is 2. The van der Waals surface area contributed by atoms with Crippen LogP contribution in [0.3, 0.4) is 0 Å². The van der Waals surface area contributed by atoms with Gasteiger partial charge in [0.2, 0.25) is 0 Å². The number of hydrogen-bond acceptors (Lipinski definition) is 2. The van der Waals surface area contributed by atoms with Crippen LogP contribution in [0.1, 0.15) is 24.0 Å². The molecule has 0 aromatic heterocycles. The summed E-state index contributed by atoms with van der Waals surface area (Å²) in [5.41, 5.74) is 9.08. The van der Waals surface area contributed by atoms with Crippen LogP contribution in [0.2, 0.25) is 0 Å². The first-order valence-corrected chi connectivity index (χ1v) is 7.15. The Kier molecular flexibility index (Phi) is 5.87. The topological polar surface area (TPSA) is 38.0 Å². The minimum atomic E-state index is 0.765. The van der Waals surface area contributed by atoms with E-state index in [1.54, 1.807) is 0 Å². The largest absolute Gasteiger partial charge is 0.385 e. The molecule has 0 amide bonds. The number of nitrogens with one attached hydrogen (secondary N) is 1. The monoisotopic (exact) mass is 266 g/mol. The first-order valence-electron chi connectivity index (χ1n) is 7.15. The zero-order valence-corrected chi connectivity index (χ0v) is 11.8. The number of rotatable bonds is 7. The molecule has 0 radical (unpaired) electrons. The van der Waals surface area contributed by atoms with E-state index in [2.05, 4.69) is 66.0 Å². The highest BCUT2D eigenvalue weighted by atomic mass is 14.9. The third-order valence-electron chi connectivity index (χ3n) is 3.11. The Labute approximate surface area is 121 Å². The van der Waals surface area contributed by atoms with Gasteiger partial charge >= 0.3 is 0 Å². The quantitative estimate of drug-likeness (QED) is 0.587. The van der Waals surface area contributed by atoms with Crippen LogP contribution < -0.4 is 11.1 Å². The molecule has 0 saturated carbocycles. The second-order valence-corrected chi connectivity index (χ2v) is 4.79. The molecule has 0 aliphatic carbocycles. The predicted molar refractivity (Wildman–Crippen MR) is 88.6 cm³/mol. The number of anilines is 1. The highest BCUT2D eigenvalue weighted by Crippen LogP contribution is 2.14. The molecule has 2 aromatic carbocycles. The van der Waals surface area contributed by atoms with E-state index < -0.39 is 0 Å². The standard InChI is InChI=1S/C18H22N2/c19-13-4-5-14-20-18-10-6-9-17(15-18)12-11-16-7-2-1-3-8-16/h1-3,6-12,15,20H,4-5,13-14,19H2/b12-11+. The molecule has 20 heavy (non-hydrogen) atoms. The van der Waals surface area contributed by atoms with Crippen molar-refractivity contribution < 1.29 is 0 Å². The fourth-order valence-electron chi connectivity index (χ4n) is 2.01. The lowest BCUT2D eigenvalue weighted by atomic mass is 10.1. The molecule has 0 unspecified atom stereocenters. The minimum absolute atomic E-state index is 0.765. The molecular weight excluding hydrogens is 244 g/mol. The lowest BCUT2D eigenvalue weighted by Crippen LogP contribution is -2.05. The van der Waals surface area contributed by atoms with Gasteiger partial charge in [0, 0.05) is 12.2 Å². The van der Waals surface area contributed by atoms with Crippen molar-refractivity contribution in [3.05, 3.63) is 65.7 Å². The fourth-order valence-corrected chi connectivity index (χ4v) is 2.01. The molecule has 0 fully saturated rings. The van der Waals surface area contributed by atoms with E-state index in [1.807, 2.05) is 6.07 Å². The van der Waals surface area contributed by atoms with Crippen LogP contribution in [0.4, 0.5) is 5.69 Å². The molecule has 0 spiro atoms. The zero-order valence-electron chi connectivity index (χ0n) is 11.8. The molecule has 0 heterocycles. The molecular formula is C18H22N2. The molecule has 2 aromatic rings. The van der Waals surface area contributed by atoms with Crippen LogP contribution in [0.25, 0.3) is 12.2 Å². The highest BCUT2D eigenvalue weighted by molar-refractivity contribution is 5.71. The summed E-state index contributed by atoms with van der Waals surface area (Å²) < 4.78 is 0. The Hall–Kier alpha value is -2.06. The molecule has 0 aliphatic rings. The third kappa shape index (κ3) is 4.90. The summed E-state index contributed by atoms with van der Waals surface area (Å²) in [6, 6.07) is 18.8. The Bertz CT molecular complexity index is 532. The summed E-state index contributed by atoms with van der Waals surface area (Å²) in [7, 11) is 0. The van der Waals surface area contributed by atoms with Gasteiger partial charge in [-0.25, -0.2) is 0 Å². The molecule has 0 bridgehead atoms. The molecule has 0 aliphatic heterocycles. The molecule has 104 valence electrons. The van der Waals surface area contributed by atoms with E-state index in [1.165, 1.54) is 11.1 Å². The van der Waals surface area contributed by atoms with E-state index in [-0.39, 0.29) is 0 Å². The first-order chi connectivity index (χ1) is 9.88. The van der Waals surface area contributed by atoms with Gasteiger partial charge < -0.3 is 11.1 Å². The summed E-state index contributed by atoms with van der Waals surface area (Å²) in [6.45, 7) is 1.74. The molecule has 2 nitrogen and oxygen atoms in total. The fraction of sp³-hybridized carbons (Fsp3) is 0.222. The van der Waals surface area contributed by atoms with Crippen LogP contribution in [0.5, 0.6) is 0 Å². The predicted octanol–water partition coefficient (Wildman–Crippen LogP) is 4.01. The summed E-state index contributed by atoms with van der Waals surface area (Å²) in [5.74, 6) is 0. The zero-order chi connectivity index (χ0) is 14.0. The van der Waals surface area contributed by atoms with Crippen molar-refractivity contribution in [3.63, 3.8) is 0 Å². The van der Waals surface area contributed by atoms with Crippen molar-refractivity contribution >= 4 is 17.8 Å². The van der Waals surface area contributed by atoms with Crippen LogP contribution in [0.15, 0.2) is 54.6 Å². The lowest BCUT2D eigenvalue weighted by molar-refractivity contribution is 0.774. The highest BCUT2D eigenvalue weighted by Gasteiger charge is 1.93. The number of benzene rings is 2. The maximum absolute atomic E-state index is 5.49. The Balaban J connectivity index is 1.94. The van der Waals surface area contributed by atoms with Gasteiger partial charge in [-0.05, 0) is 42.6 Å². The summed E-state index contributed by atoms with van der Waals surface area (Å²) in [5, 5.41) is 3.43. The van der Waals surface area contributed by atoms with E-state index in [0.29, 0.717) is 0 Å². The van der Waals surface area contributed by atoms with Crippen LogP contribution in [0, 0.1) is 0 Å². The summed E-state index contributed by atoms with van der Waals surface area (Å²) >= 11 is 0. The Morgan fingerprint density at radius 3 is 2.40 bits per heavy atom.